The van der Waals surface area contributed by atoms with Crippen LogP contribution >= 0.6 is 0 Å². The van der Waals surface area contributed by atoms with Crippen molar-refractivity contribution in [2.24, 2.45) is 11.8 Å². The molecule has 0 radical (unpaired) electrons. The second-order valence-electron chi connectivity index (χ2n) is 7.75. The third-order valence-corrected chi connectivity index (χ3v) is 5.59. The summed E-state index contributed by atoms with van der Waals surface area (Å²) in [6, 6.07) is 6.47. The standard InChI is InChI=1S/C20H27FN2O3/c1-14(2)13-26-19(25)23-11-8-20(9-12-23,17-7-10-22-18(17)24)15-3-5-16(21)6-4-15/h3-6,14,17H,7-13H2,1-2H3,(H,22,24). The normalized spacial score (nSPS) is 22.4. The van der Waals surface area contributed by atoms with Crippen molar-refractivity contribution in [3.05, 3.63) is 35.6 Å². The van der Waals surface area contributed by atoms with E-state index in [-0.39, 0.29) is 29.2 Å². The van der Waals surface area contributed by atoms with Crippen LogP contribution in [0.25, 0.3) is 0 Å². The van der Waals surface area contributed by atoms with Gasteiger partial charge in [0.1, 0.15) is 5.82 Å². The summed E-state index contributed by atoms with van der Waals surface area (Å²) in [5, 5.41) is 2.92. The maximum atomic E-state index is 13.4. The maximum Gasteiger partial charge on any atom is 0.409 e. The van der Waals surface area contributed by atoms with E-state index in [2.05, 4.69) is 5.32 Å². The van der Waals surface area contributed by atoms with Crippen molar-refractivity contribution in [2.45, 2.75) is 38.5 Å². The van der Waals surface area contributed by atoms with Gasteiger partial charge in [0.15, 0.2) is 0 Å². The first-order valence-electron chi connectivity index (χ1n) is 9.38. The van der Waals surface area contributed by atoms with Crippen LogP contribution in [0.2, 0.25) is 0 Å². The zero-order chi connectivity index (χ0) is 18.7. The number of carbonyl (C=O) groups is 2. The molecule has 1 aromatic rings. The van der Waals surface area contributed by atoms with Gasteiger partial charge in [0.2, 0.25) is 5.91 Å². The molecular formula is C20H27FN2O3. The minimum atomic E-state index is -0.358. The number of ether oxygens (including phenoxy) is 1. The lowest BCUT2D eigenvalue weighted by Gasteiger charge is -2.44. The predicted octanol–water partition coefficient (Wildman–Crippen LogP) is 3.09. The summed E-state index contributed by atoms with van der Waals surface area (Å²) < 4.78 is 18.7. The number of rotatable bonds is 4. The highest BCUT2D eigenvalue weighted by molar-refractivity contribution is 5.82. The van der Waals surface area contributed by atoms with Crippen molar-refractivity contribution in [2.75, 3.05) is 26.2 Å². The van der Waals surface area contributed by atoms with Crippen molar-refractivity contribution >= 4 is 12.0 Å². The monoisotopic (exact) mass is 362 g/mol. The number of hydrogen-bond acceptors (Lipinski definition) is 3. The summed E-state index contributed by atoms with van der Waals surface area (Å²) in [5.41, 5.74) is 0.625. The van der Waals surface area contributed by atoms with Gasteiger partial charge in [-0.15, -0.1) is 0 Å². The van der Waals surface area contributed by atoms with Gasteiger partial charge in [-0.2, -0.15) is 0 Å². The van der Waals surface area contributed by atoms with Crippen molar-refractivity contribution in [3.63, 3.8) is 0 Å². The Balaban J connectivity index is 1.78. The summed E-state index contributed by atoms with van der Waals surface area (Å²) >= 11 is 0. The molecule has 0 aliphatic carbocycles. The average Bonchev–Trinajstić information content (AvgIpc) is 3.07. The van der Waals surface area contributed by atoms with Gasteiger partial charge in [0.25, 0.3) is 0 Å². The van der Waals surface area contributed by atoms with Crippen LogP contribution in [0.5, 0.6) is 0 Å². The van der Waals surface area contributed by atoms with Crippen molar-refractivity contribution in [3.8, 4) is 0 Å². The van der Waals surface area contributed by atoms with Crippen molar-refractivity contribution < 1.29 is 18.7 Å². The van der Waals surface area contributed by atoms with E-state index in [0.29, 0.717) is 45.0 Å². The Bertz CT molecular complexity index is 652. The number of hydrogen-bond donors (Lipinski definition) is 1. The molecule has 5 nitrogen and oxygen atoms in total. The number of amides is 2. The van der Waals surface area contributed by atoms with Gasteiger partial charge in [-0.25, -0.2) is 9.18 Å². The fraction of sp³-hybridized carbons (Fsp3) is 0.600. The molecular weight excluding hydrogens is 335 g/mol. The fourth-order valence-electron chi connectivity index (χ4n) is 4.16. The first-order valence-corrected chi connectivity index (χ1v) is 9.38. The van der Waals surface area contributed by atoms with E-state index in [4.69, 9.17) is 4.74 Å². The van der Waals surface area contributed by atoms with Crippen LogP contribution in [0.4, 0.5) is 9.18 Å². The second kappa shape index (κ2) is 7.64. The van der Waals surface area contributed by atoms with Gasteiger partial charge in [-0.05, 0) is 42.9 Å². The maximum absolute atomic E-state index is 13.4. The lowest BCUT2D eigenvalue weighted by atomic mass is 9.64. The minimum absolute atomic E-state index is 0.0603. The van der Waals surface area contributed by atoms with Crippen LogP contribution in [0.15, 0.2) is 24.3 Å². The van der Waals surface area contributed by atoms with Gasteiger partial charge < -0.3 is 15.0 Å². The summed E-state index contributed by atoms with van der Waals surface area (Å²) in [7, 11) is 0. The van der Waals surface area contributed by atoms with Crippen LogP contribution in [0.1, 0.15) is 38.7 Å². The van der Waals surface area contributed by atoms with E-state index in [1.807, 2.05) is 13.8 Å². The van der Waals surface area contributed by atoms with E-state index >= 15 is 0 Å². The number of halogens is 1. The zero-order valence-corrected chi connectivity index (χ0v) is 15.5. The molecule has 1 atom stereocenters. The highest BCUT2D eigenvalue weighted by Crippen LogP contribution is 2.45. The summed E-state index contributed by atoms with van der Waals surface area (Å²) in [6.45, 7) is 6.16. The lowest BCUT2D eigenvalue weighted by Crippen LogP contribution is -2.50. The molecule has 2 saturated heterocycles. The van der Waals surface area contributed by atoms with E-state index < -0.39 is 0 Å². The number of benzene rings is 1. The van der Waals surface area contributed by atoms with Crippen molar-refractivity contribution in [1.82, 2.24) is 10.2 Å². The van der Waals surface area contributed by atoms with Gasteiger partial charge in [-0.3, -0.25) is 4.79 Å². The van der Waals surface area contributed by atoms with Crippen LogP contribution in [0, 0.1) is 17.7 Å². The molecule has 2 heterocycles. The highest BCUT2D eigenvalue weighted by atomic mass is 19.1. The minimum Gasteiger partial charge on any atom is -0.449 e. The highest BCUT2D eigenvalue weighted by Gasteiger charge is 2.48. The summed E-state index contributed by atoms with van der Waals surface area (Å²) in [5.74, 6) is -0.0642. The van der Waals surface area contributed by atoms with E-state index in [9.17, 15) is 14.0 Å². The van der Waals surface area contributed by atoms with Gasteiger partial charge >= 0.3 is 6.09 Å². The van der Waals surface area contributed by atoms with E-state index in [0.717, 1.165) is 12.0 Å². The molecule has 26 heavy (non-hydrogen) atoms. The average molecular weight is 362 g/mol. The van der Waals surface area contributed by atoms with Crippen molar-refractivity contribution in [1.29, 1.82) is 0 Å². The third kappa shape index (κ3) is 3.69. The SMILES string of the molecule is CC(C)COC(=O)N1CCC(c2ccc(F)cc2)(C2CCNC2=O)CC1. The first kappa shape index (κ1) is 18.7. The third-order valence-electron chi connectivity index (χ3n) is 5.59. The number of carbonyl (C=O) groups excluding carboxylic acids is 2. The predicted molar refractivity (Wildman–Crippen MR) is 96.2 cm³/mol. The molecule has 6 heteroatoms. The number of likely N-dealkylation sites (tertiary alicyclic amines) is 1. The molecule has 1 aromatic carbocycles. The molecule has 0 bridgehead atoms. The Kier molecular flexibility index (Phi) is 5.49. The Morgan fingerprint density at radius 1 is 1.31 bits per heavy atom. The van der Waals surface area contributed by atoms with Gasteiger partial charge in [0, 0.05) is 31.0 Å². The Morgan fingerprint density at radius 2 is 1.96 bits per heavy atom. The summed E-state index contributed by atoms with van der Waals surface area (Å²) in [4.78, 5) is 26.4. The molecule has 142 valence electrons. The van der Waals surface area contributed by atoms with Crippen LogP contribution in [0.3, 0.4) is 0 Å². The van der Waals surface area contributed by atoms with Crippen LogP contribution in [-0.4, -0.2) is 43.1 Å². The van der Waals surface area contributed by atoms with Crippen LogP contribution in [-0.2, 0) is 14.9 Å². The molecule has 2 aliphatic heterocycles. The topological polar surface area (TPSA) is 58.6 Å². The molecule has 1 N–H and O–H groups in total. The quantitative estimate of drug-likeness (QED) is 0.895. The molecule has 3 rings (SSSR count). The Hall–Kier alpha value is -2.11. The van der Waals surface area contributed by atoms with E-state index in [1.54, 1.807) is 17.0 Å². The molecule has 1 unspecified atom stereocenters. The Labute approximate surface area is 153 Å². The van der Waals surface area contributed by atoms with E-state index in [1.165, 1.54) is 12.1 Å². The number of piperidine rings is 1. The smallest absolute Gasteiger partial charge is 0.409 e. The Morgan fingerprint density at radius 3 is 2.50 bits per heavy atom. The van der Waals surface area contributed by atoms with Gasteiger partial charge in [0.05, 0.1) is 6.61 Å². The number of nitrogens with one attached hydrogen (secondary N) is 1. The zero-order valence-electron chi connectivity index (χ0n) is 15.5. The van der Waals surface area contributed by atoms with Crippen LogP contribution < -0.4 is 5.32 Å². The van der Waals surface area contributed by atoms with Gasteiger partial charge in [-0.1, -0.05) is 26.0 Å². The second-order valence-corrected chi connectivity index (χ2v) is 7.75. The molecule has 0 saturated carbocycles. The molecule has 0 aromatic heterocycles. The molecule has 2 amide bonds. The molecule has 2 aliphatic rings. The lowest BCUT2D eigenvalue weighted by molar-refractivity contribution is -0.125. The molecule has 0 spiro atoms. The first-order chi connectivity index (χ1) is 12.4. The largest absolute Gasteiger partial charge is 0.449 e. The summed E-state index contributed by atoms with van der Waals surface area (Å²) in [6.07, 6.45) is 1.83. The number of nitrogens with zero attached hydrogens (tertiary/aromatic N) is 1. The fourth-order valence-corrected chi connectivity index (χ4v) is 4.16. The molecule has 2 fully saturated rings.